The van der Waals surface area contributed by atoms with Gasteiger partial charge in [0.1, 0.15) is 0 Å². The van der Waals surface area contributed by atoms with Crippen LogP contribution in [0.5, 0.6) is 0 Å². The topological polar surface area (TPSA) is 63.8 Å². The van der Waals surface area contributed by atoms with Crippen molar-refractivity contribution in [2.24, 2.45) is 0 Å². The number of anilines is 3. The zero-order valence-electron chi connectivity index (χ0n) is 8.42. The Labute approximate surface area is 116 Å². The van der Waals surface area contributed by atoms with Crippen molar-refractivity contribution in [2.75, 3.05) is 11.1 Å². The standard InChI is InChI=1S/C10H7BrCl2N4/c11-8-5(12)2-1-3-7(8)16-9-6(14)4-15-10(13)17-9/h1-4H,14H2,(H,15,16,17). The van der Waals surface area contributed by atoms with Gasteiger partial charge in [-0.15, -0.1) is 0 Å². The van der Waals surface area contributed by atoms with E-state index in [9.17, 15) is 0 Å². The molecule has 0 atom stereocenters. The van der Waals surface area contributed by atoms with E-state index in [0.29, 0.717) is 16.5 Å². The summed E-state index contributed by atoms with van der Waals surface area (Å²) in [6.07, 6.45) is 1.44. The molecule has 2 aromatic rings. The zero-order chi connectivity index (χ0) is 12.4. The number of benzene rings is 1. The first-order valence-electron chi connectivity index (χ1n) is 4.57. The second kappa shape index (κ2) is 5.08. The van der Waals surface area contributed by atoms with Gasteiger partial charge in [0, 0.05) is 0 Å². The van der Waals surface area contributed by atoms with E-state index in [4.69, 9.17) is 28.9 Å². The van der Waals surface area contributed by atoms with Crippen molar-refractivity contribution < 1.29 is 0 Å². The molecule has 0 aliphatic carbocycles. The van der Waals surface area contributed by atoms with Gasteiger partial charge in [-0.05, 0) is 39.7 Å². The summed E-state index contributed by atoms with van der Waals surface area (Å²) >= 11 is 15.0. The van der Waals surface area contributed by atoms with Gasteiger partial charge in [-0.3, -0.25) is 0 Å². The maximum Gasteiger partial charge on any atom is 0.224 e. The minimum Gasteiger partial charge on any atom is -0.394 e. The number of rotatable bonds is 2. The molecule has 0 aliphatic rings. The van der Waals surface area contributed by atoms with E-state index in [2.05, 4.69) is 31.2 Å². The first-order chi connectivity index (χ1) is 8.08. The first kappa shape index (κ1) is 12.4. The van der Waals surface area contributed by atoms with Crippen LogP contribution in [-0.4, -0.2) is 9.97 Å². The Bertz CT molecular complexity index is 562. The molecule has 7 heteroatoms. The molecule has 0 fully saturated rings. The van der Waals surface area contributed by atoms with Crippen molar-refractivity contribution in [3.63, 3.8) is 0 Å². The maximum atomic E-state index is 5.97. The number of nitrogens with zero attached hydrogens (tertiary/aromatic N) is 2. The third kappa shape index (κ3) is 2.80. The number of aromatic nitrogens is 2. The van der Waals surface area contributed by atoms with Crippen LogP contribution < -0.4 is 11.1 Å². The Morgan fingerprint density at radius 3 is 2.82 bits per heavy atom. The van der Waals surface area contributed by atoms with E-state index in [1.54, 1.807) is 6.07 Å². The second-order valence-electron chi connectivity index (χ2n) is 3.17. The Hall–Kier alpha value is -1.04. The van der Waals surface area contributed by atoms with Crippen molar-refractivity contribution in [3.05, 3.63) is 39.2 Å². The number of halogens is 3. The summed E-state index contributed by atoms with van der Waals surface area (Å²) in [5.74, 6) is 0.438. The highest BCUT2D eigenvalue weighted by atomic mass is 79.9. The molecule has 4 nitrogen and oxygen atoms in total. The highest BCUT2D eigenvalue weighted by molar-refractivity contribution is 9.10. The molecule has 0 radical (unpaired) electrons. The Morgan fingerprint density at radius 2 is 2.06 bits per heavy atom. The van der Waals surface area contributed by atoms with Gasteiger partial charge in [0.15, 0.2) is 5.82 Å². The summed E-state index contributed by atoms with van der Waals surface area (Å²) in [6, 6.07) is 5.42. The molecular weight excluding hydrogens is 327 g/mol. The van der Waals surface area contributed by atoms with Gasteiger partial charge in [-0.2, -0.15) is 4.98 Å². The summed E-state index contributed by atoms with van der Waals surface area (Å²) in [6.45, 7) is 0. The molecule has 1 aromatic carbocycles. The summed E-state index contributed by atoms with van der Waals surface area (Å²) < 4.78 is 0.732. The van der Waals surface area contributed by atoms with Gasteiger partial charge < -0.3 is 11.1 Å². The minimum absolute atomic E-state index is 0.125. The second-order valence-corrected chi connectivity index (χ2v) is 4.71. The van der Waals surface area contributed by atoms with Crippen LogP contribution in [0.15, 0.2) is 28.9 Å². The highest BCUT2D eigenvalue weighted by Crippen LogP contribution is 2.32. The van der Waals surface area contributed by atoms with Crippen LogP contribution in [0.1, 0.15) is 0 Å². The maximum absolute atomic E-state index is 5.97. The van der Waals surface area contributed by atoms with Crippen molar-refractivity contribution in [1.82, 2.24) is 9.97 Å². The number of nitrogens with two attached hydrogens (primary N) is 1. The molecule has 0 spiro atoms. The lowest BCUT2D eigenvalue weighted by molar-refractivity contribution is 1.17. The van der Waals surface area contributed by atoms with Crippen molar-refractivity contribution in [3.8, 4) is 0 Å². The summed E-state index contributed by atoms with van der Waals surface area (Å²) in [7, 11) is 0. The van der Waals surface area contributed by atoms with Crippen molar-refractivity contribution >= 4 is 56.3 Å². The molecule has 3 N–H and O–H groups in total. The normalized spacial score (nSPS) is 10.3. The molecule has 0 bridgehead atoms. The van der Waals surface area contributed by atoms with Gasteiger partial charge in [0.05, 0.1) is 27.1 Å². The number of nitrogen functional groups attached to an aromatic ring is 1. The van der Waals surface area contributed by atoms with E-state index in [1.165, 1.54) is 6.20 Å². The van der Waals surface area contributed by atoms with Crippen molar-refractivity contribution in [1.29, 1.82) is 0 Å². The average molecular weight is 334 g/mol. The lowest BCUT2D eigenvalue weighted by Gasteiger charge is -2.10. The van der Waals surface area contributed by atoms with E-state index in [1.807, 2.05) is 12.1 Å². The number of hydrogen-bond donors (Lipinski definition) is 2. The van der Waals surface area contributed by atoms with E-state index in [-0.39, 0.29) is 5.28 Å². The monoisotopic (exact) mass is 332 g/mol. The third-order valence-electron chi connectivity index (χ3n) is 1.99. The van der Waals surface area contributed by atoms with E-state index >= 15 is 0 Å². The molecule has 0 unspecified atom stereocenters. The van der Waals surface area contributed by atoms with Gasteiger partial charge in [-0.25, -0.2) is 4.98 Å². The van der Waals surface area contributed by atoms with Gasteiger partial charge in [0.2, 0.25) is 5.28 Å². The molecular formula is C10H7BrCl2N4. The predicted octanol–water partition coefficient (Wildman–Crippen LogP) is 3.87. The Balaban J connectivity index is 2.38. The quantitative estimate of drug-likeness (QED) is 0.819. The Kier molecular flexibility index (Phi) is 3.71. The van der Waals surface area contributed by atoms with Gasteiger partial charge in [-0.1, -0.05) is 17.7 Å². The third-order valence-corrected chi connectivity index (χ3v) is 3.57. The Morgan fingerprint density at radius 1 is 1.29 bits per heavy atom. The van der Waals surface area contributed by atoms with Crippen LogP contribution in [0.3, 0.4) is 0 Å². The summed E-state index contributed by atoms with van der Waals surface area (Å²) in [5, 5.41) is 3.75. The van der Waals surface area contributed by atoms with Crippen LogP contribution in [0, 0.1) is 0 Å². The summed E-state index contributed by atoms with van der Waals surface area (Å²) in [5.41, 5.74) is 6.88. The molecule has 0 saturated carbocycles. The number of nitrogens with one attached hydrogen (secondary N) is 1. The SMILES string of the molecule is Nc1cnc(Cl)nc1Nc1cccc(Cl)c1Br. The molecule has 1 heterocycles. The molecule has 0 saturated heterocycles. The lowest BCUT2D eigenvalue weighted by Crippen LogP contribution is -2.01. The molecule has 1 aromatic heterocycles. The largest absolute Gasteiger partial charge is 0.394 e. The molecule has 88 valence electrons. The molecule has 0 aliphatic heterocycles. The highest BCUT2D eigenvalue weighted by Gasteiger charge is 2.07. The molecule has 17 heavy (non-hydrogen) atoms. The minimum atomic E-state index is 0.125. The van der Waals surface area contributed by atoms with E-state index < -0.39 is 0 Å². The number of hydrogen-bond acceptors (Lipinski definition) is 4. The zero-order valence-corrected chi connectivity index (χ0v) is 11.5. The predicted molar refractivity (Wildman–Crippen MR) is 73.9 cm³/mol. The molecule has 0 amide bonds. The van der Waals surface area contributed by atoms with Gasteiger partial charge in [0.25, 0.3) is 0 Å². The molecule has 2 rings (SSSR count). The van der Waals surface area contributed by atoms with Crippen LogP contribution in [0.2, 0.25) is 10.3 Å². The summed E-state index contributed by atoms with van der Waals surface area (Å²) in [4.78, 5) is 7.77. The van der Waals surface area contributed by atoms with Gasteiger partial charge >= 0.3 is 0 Å². The van der Waals surface area contributed by atoms with Crippen molar-refractivity contribution in [2.45, 2.75) is 0 Å². The average Bonchev–Trinajstić information content (AvgIpc) is 2.30. The van der Waals surface area contributed by atoms with Crippen LogP contribution >= 0.6 is 39.1 Å². The van der Waals surface area contributed by atoms with Crippen LogP contribution in [0.25, 0.3) is 0 Å². The van der Waals surface area contributed by atoms with Crippen LogP contribution in [-0.2, 0) is 0 Å². The fourth-order valence-electron chi connectivity index (χ4n) is 1.20. The van der Waals surface area contributed by atoms with E-state index in [0.717, 1.165) is 10.2 Å². The van der Waals surface area contributed by atoms with Crippen LogP contribution in [0.4, 0.5) is 17.2 Å². The smallest absolute Gasteiger partial charge is 0.224 e. The fourth-order valence-corrected chi connectivity index (χ4v) is 1.87. The first-order valence-corrected chi connectivity index (χ1v) is 6.12. The fraction of sp³-hybridized carbons (Fsp3) is 0. The lowest BCUT2D eigenvalue weighted by atomic mass is 10.3.